The summed E-state index contributed by atoms with van der Waals surface area (Å²) < 4.78 is 4.82. The van der Waals surface area contributed by atoms with Gasteiger partial charge in [0.05, 0.1) is 0 Å². The summed E-state index contributed by atoms with van der Waals surface area (Å²) in [7, 11) is 0.725. The minimum atomic E-state index is -1.32. The van der Waals surface area contributed by atoms with Crippen LogP contribution in [0, 0.1) is 0 Å². The fourth-order valence-corrected chi connectivity index (χ4v) is 14.8. The van der Waals surface area contributed by atoms with Gasteiger partial charge in [-0.2, -0.15) is 0 Å². The van der Waals surface area contributed by atoms with Gasteiger partial charge in [-0.05, 0) is 20.6 Å². The molecular weight excluding hydrogens is 401 g/mol. The first-order chi connectivity index (χ1) is 10.5. The average molecular weight is 449 g/mol. The quantitative estimate of drug-likeness (QED) is 0.360. The van der Waals surface area contributed by atoms with Gasteiger partial charge in [0.15, 0.2) is 0 Å². The monoisotopic (exact) mass is 448 g/mol. The van der Waals surface area contributed by atoms with Crippen molar-refractivity contribution in [2.75, 3.05) is 20.6 Å². The van der Waals surface area contributed by atoms with Gasteiger partial charge in [0.1, 0.15) is 0 Å². The molecule has 0 saturated heterocycles. The van der Waals surface area contributed by atoms with E-state index in [0.717, 1.165) is 6.54 Å². The van der Waals surface area contributed by atoms with Crippen molar-refractivity contribution in [3.05, 3.63) is 9.63 Å². The number of nitrogens with zero attached hydrogens (tertiary/aromatic N) is 3. The summed E-state index contributed by atoms with van der Waals surface area (Å²) in [4.78, 5) is 7.47. The molecule has 0 unspecified atom stereocenters. The first kappa shape index (κ1) is 30.8. The molecule has 0 aliphatic carbocycles. The molecule has 0 spiro atoms. The van der Waals surface area contributed by atoms with Crippen molar-refractivity contribution in [3.63, 3.8) is 0 Å². The molecule has 0 rings (SSSR count). The van der Waals surface area contributed by atoms with Crippen LogP contribution >= 0.6 is 0 Å². The van der Waals surface area contributed by atoms with Crippen LogP contribution in [0.4, 0.5) is 0 Å². The van der Waals surface area contributed by atoms with E-state index in [1.165, 1.54) is 18.1 Å². The zero-order valence-corrected chi connectivity index (χ0v) is 23.5. The molecule has 25 heavy (non-hydrogen) atoms. The van der Waals surface area contributed by atoms with E-state index in [1.807, 2.05) is 0 Å². The predicted molar refractivity (Wildman–Crippen MR) is 123 cm³/mol. The fraction of sp³-hybridized carbons (Fsp3) is 1.00. The van der Waals surface area contributed by atoms with Crippen LogP contribution in [0.15, 0.2) is 0 Å². The number of hydrogen-bond donors (Lipinski definition) is 0. The van der Waals surface area contributed by atoms with Gasteiger partial charge in [-0.25, -0.2) is 0 Å². The van der Waals surface area contributed by atoms with Crippen molar-refractivity contribution in [1.82, 2.24) is 4.90 Å². The molecule has 7 heteroatoms. The van der Waals surface area contributed by atoms with Crippen molar-refractivity contribution in [2.24, 2.45) is 0 Å². The van der Waals surface area contributed by atoms with Gasteiger partial charge in [0, 0.05) is 0 Å². The van der Waals surface area contributed by atoms with Crippen LogP contribution in [0.2, 0.25) is 57.4 Å². The second-order valence-electron chi connectivity index (χ2n) is 9.90. The molecule has 0 atom stereocenters. The third-order valence-corrected chi connectivity index (χ3v) is 14.3. The van der Waals surface area contributed by atoms with E-state index in [2.05, 4.69) is 92.9 Å². The molecule has 0 aromatic rings. The maximum Gasteiger partial charge on any atom is 3.00 e. The topological polar surface area (TPSA) is 31.4 Å². The van der Waals surface area contributed by atoms with Crippen LogP contribution in [-0.4, -0.2) is 55.8 Å². The van der Waals surface area contributed by atoms with Gasteiger partial charge < -0.3 is 14.5 Å². The molecule has 0 saturated carbocycles. The third-order valence-electron chi connectivity index (χ3n) is 3.89. The zero-order valence-electron chi connectivity index (χ0n) is 19.5. The minimum Gasteiger partial charge on any atom is -0.668 e. The third kappa shape index (κ3) is 18.2. The summed E-state index contributed by atoms with van der Waals surface area (Å²) in [6, 6.07) is 3.87. The molecule has 0 N–H and O–H groups in total. The van der Waals surface area contributed by atoms with Crippen LogP contribution in [-0.2, 0) is 16.8 Å². The van der Waals surface area contributed by atoms with E-state index in [0.29, 0.717) is 0 Å². The zero-order chi connectivity index (χ0) is 19.8. The summed E-state index contributed by atoms with van der Waals surface area (Å²) in [5, 5.41) is 0. The number of hydrogen-bond acceptors (Lipinski definition) is 1. The molecule has 0 aromatic heterocycles. The van der Waals surface area contributed by atoms with Crippen LogP contribution < -0.4 is 0 Å². The van der Waals surface area contributed by atoms with Gasteiger partial charge in [-0.15, -0.1) is 5.54 Å². The van der Waals surface area contributed by atoms with E-state index < -0.39 is 24.7 Å². The van der Waals surface area contributed by atoms with E-state index in [9.17, 15) is 0 Å². The maximum atomic E-state index is 5.23. The van der Waals surface area contributed by atoms with Gasteiger partial charge in [0.2, 0.25) is 0 Å². The Morgan fingerprint density at radius 2 is 1.08 bits per heavy atom. The molecule has 0 aliphatic heterocycles. The summed E-state index contributed by atoms with van der Waals surface area (Å²) in [5.74, 6) is 0. The first-order valence-corrected chi connectivity index (χ1v) is 19.1. The Balaban J connectivity index is -0.000000418. The van der Waals surface area contributed by atoms with Crippen molar-refractivity contribution in [3.8, 4) is 0 Å². The molecule has 0 radical (unpaired) electrons. The Labute approximate surface area is 174 Å². The Hall–Kier alpha value is 1.04. The normalized spacial score (nSPS) is 13.2. The summed E-state index contributed by atoms with van der Waals surface area (Å²) >= 11 is 0. The first-order valence-electron chi connectivity index (χ1n) is 9.64. The van der Waals surface area contributed by atoms with Crippen LogP contribution in [0.5, 0.6) is 0 Å². The molecule has 0 fully saturated rings. The molecule has 0 heterocycles. The fourth-order valence-electron chi connectivity index (χ4n) is 3.44. The summed E-state index contributed by atoms with van der Waals surface area (Å²) in [6.07, 6.45) is 0. The summed E-state index contributed by atoms with van der Waals surface area (Å²) in [6.45, 7) is 26.3. The van der Waals surface area contributed by atoms with E-state index in [-0.39, 0.29) is 22.3 Å². The van der Waals surface area contributed by atoms with Crippen LogP contribution in [0.25, 0.3) is 9.63 Å². The Kier molecular flexibility index (Phi) is 15.4. The molecule has 0 aromatic carbocycles. The standard InChI is InChI=1S/C12H29N2Si.C6H18NSi2.Co/c1-8-15(9-2,10-3)13-12(4,5)11-14(6)7;1-8(2,3)7-9(4,5)6;/h8-11H2,1-7H3;1-6H3;/q2*-1;+3. The Morgan fingerprint density at radius 3 is 1.24 bits per heavy atom. The average Bonchev–Trinajstić information content (AvgIpc) is 2.30. The molecule has 0 aliphatic rings. The maximum absolute atomic E-state index is 5.23. The van der Waals surface area contributed by atoms with Gasteiger partial charge in [-0.3, -0.25) is 0 Å². The summed E-state index contributed by atoms with van der Waals surface area (Å²) in [5.41, 5.74) is 0.123. The van der Waals surface area contributed by atoms with E-state index in [4.69, 9.17) is 9.63 Å². The predicted octanol–water partition coefficient (Wildman–Crippen LogP) is 6.73. The second kappa shape index (κ2) is 12.5. The van der Waals surface area contributed by atoms with E-state index >= 15 is 0 Å². The van der Waals surface area contributed by atoms with Crippen molar-refractivity contribution >= 4 is 24.7 Å². The van der Waals surface area contributed by atoms with Crippen LogP contribution in [0.3, 0.4) is 0 Å². The van der Waals surface area contributed by atoms with Gasteiger partial charge in [0.25, 0.3) is 0 Å². The molecule has 154 valence electrons. The van der Waals surface area contributed by atoms with Gasteiger partial charge >= 0.3 is 16.8 Å². The van der Waals surface area contributed by atoms with Crippen LogP contribution in [0.1, 0.15) is 34.6 Å². The largest absolute Gasteiger partial charge is 3.00 e. The van der Waals surface area contributed by atoms with Gasteiger partial charge in [-0.1, -0.05) is 117 Å². The van der Waals surface area contributed by atoms with E-state index in [1.54, 1.807) is 0 Å². The number of likely N-dealkylation sites (N-methyl/N-ethyl adjacent to an activating group) is 1. The van der Waals surface area contributed by atoms with Crippen molar-refractivity contribution in [2.45, 2.75) is 97.6 Å². The molecule has 0 bridgehead atoms. The molecule has 3 nitrogen and oxygen atoms in total. The smallest absolute Gasteiger partial charge is 0.668 e. The van der Waals surface area contributed by atoms with Crippen molar-refractivity contribution < 1.29 is 16.8 Å². The molecular formula is C18H47CoN3Si3+. The second-order valence-corrected chi connectivity index (χ2v) is 24.3. The SMILES string of the molecule is CC[Si](CC)(CC)[N-]C(C)(C)CN(C)C.C[Si](C)(C)[N-][Si](C)(C)C.[Co+3]. The number of rotatable bonds is 9. The minimum absolute atomic E-state index is 0. The Bertz CT molecular complexity index is 313. The van der Waals surface area contributed by atoms with Crippen molar-refractivity contribution in [1.29, 1.82) is 0 Å². The molecule has 0 amide bonds. The Morgan fingerprint density at radius 1 is 0.760 bits per heavy atom.